The minimum Gasteiger partial charge on any atom is -0.741 e. The molecule has 45 heavy (non-hydrogen) atoms. The van der Waals surface area contributed by atoms with Gasteiger partial charge in [0.1, 0.15) is 0 Å². The molecule has 4 aromatic heterocycles. The second-order valence-corrected chi connectivity index (χ2v) is 11.7. The molecule has 0 spiro atoms. The van der Waals surface area contributed by atoms with Gasteiger partial charge in [0.2, 0.25) is 0 Å². The van der Waals surface area contributed by atoms with Gasteiger partial charge in [-0.2, -0.15) is 36.5 Å². The van der Waals surface area contributed by atoms with Crippen molar-refractivity contribution in [3.63, 3.8) is 0 Å². The molecule has 4 aromatic rings. The Morgan fingerprint density at radius 1 is 0.644 bits per heavy atom. The maximum Gasteiger partial charge on any atom is 2.00 e. The summed E-state index contributed by atoms with van der Waals surface area (Å²) in [4.78, 5) is 9.63. The monoisotopic (exact) mass is 726 g/mol. The second kappa shape index (κ2) is 15.3. The molecule has 0 radical (unpaired) electrons. The normalized spacial score (nSPS) is 11.9. The molecule has 248 valence electrons. The van der Waals surface area contributed by atoms with Crippen LogP contribution in [0, 0.1) is 27.7 Å². The van der Waals surface area contributed by atoms with Crippen molar-refractivity contribution in [3.05, 3.63) is 82.7 Å². The van der Waals surface area contributed by atoms with Crippen LogP contribution in [-0.2, 0) is 50.4 Å². The van der Waals surface area contributed by atoms with Gasteiger partial charge >= 0.3 is 28.1 Å². The third-order valence-electron chi connectivity index (χ3n) is 5.27. The van der Waals surface area contributed by atoms with Crippen LogP contribution in [0.5, 0.6) is 0 Å². The fraction of sp³-hybridized carbons (Fsp3) is 0.333. The molecule has 4 heterocycles. The van der Waals surface area contributed by atoms with Gasteiger partial charge in [0, 0.05) is 11.4 Å². The van der Waals surface area contributed by atoms with E-state index in [2.05, 4.69) is 36.2 Å². The Morgan fingerprint density at radius 3 is 1.16 bits per heavy atom. The summed E-state index contributed by atoms with van der Waals surface area (Å²) in [7, 11) is -12.2. The molecule has 0 fully saturated rings. The van der Waals surface area contributed by atoms with Gasteiger partial charge in [0.25, 0.3) is 0 Å². The third kappa shape index (κ3) is 12.2. The first kappa shape index (κ1) is 39.7. The maximum atomic E-state index is 10.7. The maximum absolute atomic E-state index is 10.7. The van der Waals surface area contributed by atoms with Crippen LogP contribution in [0.2, 0.25) is 0 Å². The van der Waals surface area contributed by atoms with Crippen LogP contribution in [0.1, 0.15) is 34.2 Å². The summed E-state index contributed by atoms with van der Waals surface area (Å²) in [5.41, 5.74) is -3.31. The van der Waals surface area contributed by atoms with Crippen molar-refractivity contribution < 1.29 is 69.4 Å². The molecule has 0 saturated carbocycles. The first-order chi connectivity index (χ1) is 20.0. The van der Waals surface area contributed by atoms with Crippen LogP contribution in [0.25, 0.3) is 11.4 Å². The Morgan fingerprint density at radius 2 is 0.933 bits per heavy atom. The summed E-state index contributed by atoms with van der Waals surface area (Å²) in [5, 5.41) is 9.06. The van der Waals surface area contributed by atoms with E-state index in [9.17, 15) is 26.3 Å². The molecule has 0 bridgehead atoms. The van der Waals surface area contributed by atoms with Crippen LogP contribution < -0.4 is 0 Å². The molecule has 4 rings (SSSR count). The van der Waals surface area contributed by atoms with E-state index in [-0.39, 0.29) is 17.1 Å². The summed E-state index contributed by atoms with van der Waals surface area (Å²) < 4.78 is 122. The molecule has 0 unspecified atom stereocenters. The number of pyridine rings is 2. The van der Waals surface area contributed by atoms with E-state index in [1.807, 2.05) is 59.6 Å². The summed E-state index contributed by atoms with van der Waals surface area (Å²) >= 11 is 0. The number of halogens is 6. The zero-order chi connectivity index (χ0) is 33.7. The summed E-state index contributed by atoms with van der Waals surface area (Å²) in [6.45, 7) is 9.44. The zero-order valence-electron chi connectivity index (χ0n) is 23.6. The largest absolute Gasteiger partial charge is 2.00 e. The van der Waals surface area contributed by atoms with E-state index in [0.29, 0.717) is 13.1 Å². The molecule has 12 nitrogen and oxygen atoms in total. The standard InChI is InChI=1S/C22H24N6.2CHF3O3S.Fe/c1-15-11-17(3)27(25-15)13-19-7-5-9-21(23-19)22-10-6-8-20(24-22)14-28-18(4)12-16(2)26-28;2*2-1(3,4)8(5,6)7;/h5-12H,13-14H2,1-4H3;2*(H,5,6,7);/q;;;+2/p-2. The molecule has 0 aliphatic rings. The molecular weight excluding hydrogens is 702 g/mol. The van der Waals surface area contributed by atoms with Crippen molar-refractivity contribution in [3.8, 4) is 11.4 Å². The minimum atomic E-state index is -6.09. The predicted octanol–water partition coefficient (Wildman–Crippen LogP) is 3.97. The first-order valence-electron chi connectivity index (χ1n) is 12.0. The average Bonchev–Trinajstić information content (AvgIpc) is 3.35. The van der Waals surface area contributed by atoms with Crippen molar-refractivity contribution in [2.45, 2.75) is 51.8 Å². The number of alkyl halides is 6. The van der Waals surface area contributed by atoms with Crippen molar-refractivity contribution in [2.24, 2.45) is 0 Å². The first-order valence-corrected chi connectivity index (χ1v) is 14.8. The fourth-order valence-electron chi connectivity index (χ4n) is 3.40. The van der Waals surface area contributed by atoms with Gasteiger partial charge in [0.05, 0.1) is 47.3 Å². The van der Waals surface area contributed by atoms with Gasteiger partial charge in [-0.05, 0) is 64.1 Å². The minimum absolute atomic E-state index is 0. The van der Waals surface area contributed by atoms with E-state index in [4.69, 9.17) is 35.9 Å². The summed E-state index contributed by atoms with van der Waals surface area (Å²) in [5.74, 6) is 0. The average molecular weight is 726 g/mol. The Hall–Kier alpha value is -3.36. The summed E-state index contributed by atoms with van der Waals surface area (Å²) in [6.07, 6.45) is 0. The van der Waals surface area contributed by atoms with Crippen LogP contribution in [0.4, 0.5) is 26.3 Å². The van der Waals surface area contributed by atoms with Crippen molar-refractivity contribution in [1.82, 2.24) is 29.5 Å². The molecule has 0 N–H and O–H groups in total. The number of aryl methyl sites for hydroxylation is 4. The Bertz CT molecular complexity index is 1680. The third-order valence-corrected chi connectivity index (χ3v) is 6.41. The molecular formula is C24H24F6FeN6O6S2. The van der Waals surface area contributed by atoms with Crippen LogP contribution in [-0.4, -0.2) is 66.5 Å². The predicted molar refractivity (Wildman–Crippen MR) is 141 cm³/mol. The van der Waals surface area contributed by atoms with Crippen LogP contribution in [0.3, 0.4) is 0 Å². The number of aromatic nitrogens is 6. The van der Waals surface area contributed by atoms with E-state index < -0.39 is 31.3 Å². The van der Waals surface area contributed by atoms with Gasteiger partial charge < -0.3 is 9.11 Å². The molecule has 21 heteroatoms. The van der Waals surface area contributed by atoms with Gasteiger partial charge in [-0.1, -0.05) is 12.1 Å². The summed E-state index contributed by atoms with van der Waals surface area (Å²) in [6, 6.07) is 16.3. The van der Waals surface area contributed by atoms with E-state index in [0.717, 1.165) is 45.6 Å². The topological polar surface area (TPSA) is 176 Å². The van der Waals surface area contributed by atoms with Crippen LogP contribution in [0.15, 0.2) is 48.5 Å². The van der Waals surface area contributed by atoms with E-state index in [1.165, 1.54) is 0 Å². The van der Waals surface area contributed by atoms with E-state index in [1.54, 1.807) is 0 Å². The van der Waals surface area contributed by atoms with Crippen molar-refractivity contribution >= 4 is 20.2 Å². The molecule has 0 aliphatic carbocycles. The van der Waals surface area contributed by atoms with Gasteiger partial charge in [-0.3, -0.25) is 9.36 Å². The fourth-order valence-corrected chi connectivity index (χ4v) is 3.40. The molecule has 0 aromatic carbocycles. The SMILES string of the molecule is Cc1cc(C)n(Cc2cccc(-c3cccc(Cn4nc(C)cc4C)n3)n2)n1.O=S(=O)([O-])C(F)(F)F.O=S(=O)([O-])C(F)(F)F.[Fe+2]. The smallest absolute Gasteiger partial charge is 0.741 e. The zero-order valence-corrected chi connectivity index (χ0v) is 26.3. The Labute approximate surface area is 264 Å². The van der Waals surface area contributed by atoms with Gasteiger partial charge in [0.15, 0.2) is 20.2 Å². The second-order valence-electron chi connectivity index (χ2n) is 9.00. The number of rotatable bonds is 5. The Balaban J connectivity index is 0.000000495. The Kier molecular flexibility index (Phi) is 13.5. The van der Waals surface area contributed by atoms with E-state index >= 15 is 0 Å². The molecule has 0 saturated heterocycles. The van der Waals surface area contributed by atoms with Gasteiger partial charge in [-0.25, -0.2) is 26.8 Å². The van der Waals surface area contributed by atoms with Crippen molar-refractivity contribution in [1.29, 1.82) is 0 Å². The molecule has 0 amide bonds. The number of nitrogens with zero attached hydrogens (tertiary/aromatic N) is 6. The van der Waals surface area contributed by atoms with Crippen molar-refractivity contribution in [2.75, 3.05) is 0 Å². The van der Waals surface area contributed by atoms with Crippen LogP contribution >= 0.6 is 0 Å². The quantitative estimate of drug-likeness (QED) is 0.127. The molecule has 0 aliphatic heterocycles. The number of hydrogen-bond donors (Lipinski definition) is 0. The van der Waals surface area contributed by atoms with Gasteiger partial charge in [-0.15, -0.1) is 0 Å². The molecule has 0 atom stereocenters. The number of hydrogen-bond acceptors (Lipinski definition) is 10.